The van der Waals surface area contributed by atoms with Crippen LogP contribution in [0.5, 0.6) is 5.75 Å². The molecule has 0 unspecified atom stereocenters. The number of halogens is 1. The Morgan fingerprint density at radius 3 is 2.86 bits per heavy atom. The molecule has 7 nitrogen and oxygen atoms in total. The molecular formula is C13H14ClN3O4. The highest BCUT2D eigenvalue weighted by atomic mass is 35.5. The molecule has 2 amide bonds. The molecule has 2 rings (SSSR count). The van der Waals surface area contributed by atoms with Gasteiger partial charge < -0.3 is 14.8 Å². The summed E-state index contributed by atoms with van der Waals surface area (Å²) >= 11 is 5.75. The van der Waals surface area contributed by atoms with Crippen molar-refractivity contribution >= 4 is 29.3 Å². The molecule has 1 aromatic rings. The fourth-order valence-electron chi connectivity index (χ4n) is 1.47. The highest BCUT2D eigenvalue weighted by molar-refractivity contribution is 6.29. The first-order valence-electron chi connectivity index (χ1n) is 6.08. The third-order valence-corrected chi connectivity index (χ3v) is 2.47. The van der Waals surface area contributed by atoms with Gasteiger partial charge in [0.05, 0.1) is 6.20 Å². The van der Waals surface area contributed by atoms with Gasteiger partial charge in [0.15, 0.2) is 5.75 Å². The molecule has 0 aliphatic carbocycles. The van der Waals surface area contributed by atoms with Crippen molar-refractivity contribution in [3.8, 4) is 5.75 Å². The maximum absolute atomic E-state index is 12.0. The normalized spacial score (nSPS) is 14.1. The zero-order valence-corrected chi connectivity index (χ0v) is 12.4. The summed E-state index contributed by atoms with van der Waals surface area (Å²) in [5.74, 6) is -0.229. The predicted octanol–water partition coefficient (Wildman–Crippen LogP) is 2.43. The van der Waals surface area contributed by atoms with Crippen LogP contribution in [0.4, 0.5) is 10.5 Å². The van der Waals surface area contributed by atoms with Gasteiger partial charge in [0.1, 0.15) is 28.4 Å². The minimum absolute atomic E-state index is 0.0865. The number of fused-ring (bicyclic) bond motifs is 1. The first kappa shape index (κ1) is 15.1. The quantitative estimate of drug-likeness (QED) is 0.777. The zero-order chi connectivity index (χ0) is 15.6. The number of carbonyl (C=O) groups is 2. The number of nitrogens with zero attached hydrogens (tertiary/aromatic N) is 1. The standard InChI is InChI=1S/C13H14ClN3O4/c1-13(2,3)21-12(19)17-8-6-20-9-4-10(14)15-5-7(9)16-11(8)18/h4-6H,1-3H3,(H,16,18)(H,17,19). The van der Waals surface area contributed by atoms with E-state index < -0.39 is 17.6 Å². The molecule has 0 spiro atoms. The average Bonchev–Trinajstić information content (AvgIpc) is 2.48. The first-order valence-corrected chi connectivity index (χ1v) is 6.46. The lowest BCUT2D eigenvalue weighted by Gasteiger charge is -2.19. The van der Waals surface area contributed by atoms with Crippen molar-refractivity contribution in [1.82, 2.24) is 10.3 Å². The number of rotatable bonds is 1. The predicted molar refractivity (Wildman–Crippen MR) is 76.0 cm³/mol. The van der Waals surface area contributed by atoms with Crippen LogP contribution in [-0.2, 0) is 9.53 Å². The molecule has 0 aromatic carbocycles. The Kier molecular flexibility index (Phi) is 4.04. The van der Waals surface area contributed by atoms with E-state index in [1.807, 2.05) is 0 Å². The fourth-order valence-corrected chi connectivity index (χ4v) is 1.62. The number of pyridine rings is 1. The molecule has 0 radical (unpaired) electrons. The van der Waals surface area contributed by atoms with Crippen LogP contribution in [0.2, 0.25) is 5.15 Å². The summed E-state index contributed by atoms with van der Waals surface area (Å²) in [7, 11) is 0. The van der Waals surface area contributed by atoms with Crippen molar-refractivity contribution in [1.29, 1.82) is 0 Å². The number of nitrogens with one attached hydrogen (secondary N) is 2. The third kappa shape index (κ3) is 4.09. The molecule has 8 heteroatoms. The van der Waals surface area contributed by atoms with Crippen molar-refractivity contribution in [3.05, 3.63) is 29.4 Å². The molecule has 0 fully saturated rings. The number of amides is 2. The van der Waals surface area contributed by atoms with E-state index in [0.717, 1.165) is 6.26 Å². The molecule has 0 saturated carbocycles. The Bertz CT molecular complexity index is 622. The van der Waals surface area contributed by atoms with E-state index in [1.54, 1.807) is 20.8 Å². The lowest BCUT2D eigenvalue weighted by molar-refractivity contribution is -0.113. The Morgan fingerprint density at radius 1 is 1.48 bits per heavy atom. The van der Waals surface area contributed by atoms with E-state index >= 15 is 0 Å². The van der Waals surface area contributed by atoms with E-state index in [-0.39, 0.29) is 10.9 Å². The number of anilines is 1. The number of ether oxygens (including phenoxy) is 2. The SMILES string of the molecule is CC(C)(C)OC(=O)NC1=COc2cc(Cl)ncc2NC1=O. The van der Waals surface area contributed by atoms with Gasteiger partial charge in [0, 0.05) is 6.07 Å². The van der Waals surface area contributed by atoms with Crippen LogP contribution in [0.3, 0.4) is 0 Å². The summed E-state index contributed by atoms with van der Waals surface area (Å²) in [6, 6.07) is 1.45. The maximum atomic E-state index is 12.0. The zero-order valence-electron chi connectivity index (χ0n) is 11.7. The van der Waals surface area contributed by atoms with Crippen molar-refractivity contribution in [2.75, 3.05) is 5.32 Å². The summed E-state index contributed by atoms with van der Waals surface area (Å²) in [6.07, 6.45) is 1.72. The smallest absolute Gasteiger partial charge is 0.412 e. The van der Waals surface area contributed by atoms with E-state index in [2.05, 4.69) is 15.6 Å². The Labute approximate surface area is 126 Å². The van der Waals surface area contributed by atoms with Gasteiger partial charge in [0.25, 0.3) is 5.91 Å². The third-order valence-electron chi connectivity index (χ3n) is 2.26. The lowest BCUT2D eigenvalue weighted by atomic mass is 10.2. The van der Waals surface area contributed by atoms with Crippen LogP contribution in [-0.4, -0.2) is 22.6 Å². The van der Waals surface area contributed by atoms with E-state index in [1.165, 1.54) is 12.3 Å². The van der Waals surface area contributed by atoms with E-state index in [4.69, 9.17) is 21.1 Å². The van der Waals surface area contributed by atoms with Gasteiger partial charge in [-0.25, -0.2) is 9.78 Å². The first-order chi connectivity index (χ1) is 9.74. The van der Waals surface area contributed by atoms with Gasteiger partial charge >= 0.3 is 6.09 Å². The van der Waals surface area contributed by atoms with Gasteiger partial charge in [-0.3, -0.25) is 10.1 Å². The van der Waals surface area contributed by atoms with Crippen molar-refractivity contribution in [2.45, 2.75) is 26.4 Å². The van der Waals surface area contributed by atoms with Crippen molar-refractivity contribution < 1.29 is 19.1 Å². The molecule has 112 valence electrons. The molecule has 0 bridgehead atoms. The second-order valence-corrected chi connectivity index (χ2v) is 5.62. The van der Waals surface area contributed by atoms with Crippen LogP contribution < -0.4 is 15.4 Å². The molecule has 21 heavy (non-hydrogen) atoms. The molecule has 2 N–H and O–H groups in total. The van der Waals surface area contributed by atoms with Crippen LogP contribution in [0, 0.1) is 0 Å². The molecule has 1 aliphatic heterocycles. The fraction of sp³-hybridized carbons (Fsp3) is 0.308. The highest BCUT2D eigenvalue weighted by Crippen LogP contribution is 2.28. The number of aromatic nitrogens is 1. The molecule has 0 saturated heterocycles. The Hall–Kier alpha value is -2.28. The topological polar surface area (TPSA) is 89.6 Å². The van der Waals surface area contributed by atoms with Gasteiger partial charge in [-0.1, -0.05) is 11.6 Å². The van der Waals surface area contributed by atoms with E-state index in [0.29, 0.717) is 11.4 Å². The Balaban J connectivity index is 2.13. The minimum Gasteiger partial charge on any atom is -0.460 e. The summed E-state index contributed by atoms with van der Waals surface area (Å²) in [4.78, 5) is 27.5. The number of hydrogen-bond acceptors (Lipinski definition) is 5. The highest BCUT2D eigenvalue weighted by Gasteiger charge is 2.23. The van der Waals surface area contributed by atoms with Crippen molar-refractivity contribution in [3.63, 3.8) is 0 Å². The van der Waals surface area contributed by atoms with Gasteiger partial charge in [0.2, 0.25) is 0 Å². The molecule has 1 aliphatic rings. The average molecular weight is 312 g/mol. The summed E-state index contributed by atoms with van der Waals surface area (Å²) in [5, 5.41) is 5.09. The largest absolute Gasteiger partial charge is 0.460 e. The number of carbonyl (C=O) groups excluding carboxylic acids is 2. The van der Waals surface area contributed by atoms with Gasteiger partial charge in [-0.05, 0) is 20.8 Å². The van der Waals surface area contributed by atoms with Crippen LogP contribution in [0.15, 0.2) is 24.2 Å². The second-order valence-electron chi connectivity index (χ2n) is 5.23. The lowest BCUT2D eigenvalue weighted by Crippen LogP contribution is -2.35. The molecular weight excluding hydrogens is 298 g/mol. The minimum atomic E-state index is -0.755. The summed E-state index contributed by atoms with van der Waals surface area (Å²) < 4.78 is 10.4. The number of alkyl carbamates (subject to hydrolysis) is 1. The maximum Gasteiger partial charge on any atom is 0.412 e. The Morgan fingerprint density at radius 2 is 2.19 bits per heavy atom. The van der Waals surface area contributed by atoms with Crippen LogP contribution >= 0.6 is 11.6 Å². The van der Waals surface area contributed by atoms with Crippen LogP contribution in [0.1, 0.15) is 20.8 Å². The van der Waals surface area contributed by atoms with E-state index in [9.17, 15) is 9.59 Å². The molecule has 1 aromatic heterocycles. The monoisotopic (exact) mass is 311 g/mol. The van der Waals surface area contributed by atoms with Gasteiger partial charge in [-0.15, -0.1) is 0 Å². The summed E-state index contributed by atoms with van der Waals surface area (Å²) in [6.45, 7) is 5.15. The van der Waals surface area contributed by atoms with Gasteiger partial charge in [-0.2, -0.15) is 0 Å². The number of hydrogen-bond donors (Lipinski definition) is 2. The summed E-state index contributed by atoms with van der Waals surface area (Å²) in [5.41, 5.74) is -0.411. The second kappa shape index (κ2) is 5.61. The molecule has 2 heterocycles. The molecule has 0 atom stereocenters. The van der Waals surface area contributed by atoms with Crippen LogP contribution in [0.25, 0.3) is 0 Å². The van der Waals surface area contributed by atoms with Crippen molar-refractivity contribution in [2.24, 2.45) is 0 Å².